The third-order valence-corrected chi connectivity index (χ3v) is 4.14. The number of hydrogen-bond acceptors (Lipinski definition) is 5. The largest absolute Gasteiger partial charge is 0.487 e. The van der Waals surface area contributed by atoms with Gasteiger partial charge in [0.1, 0.15) is 11.6 Å². The lowest BCUT2D eigenvalue weighted by Crippen LogP contribution is -2.27. The normalized spacial score (nSPS) is 11.2. The summed E-state index contributed by atoms with van der Waals surface area (Å²) in [5.74, 6) is 0.0632. The van der Waals surface area contributed by atoms with Crippen molar-refractivity contribution in [2.75, 3.05) is 29.9 Å². The first-order valence-electron chi connectivity index (χ1n) is 7.92. The van der Waals surface area contributed by atoms with Gasteiger partial charge in [0, 0.05) is 36.6 Å². The molecule has 10 heteroatoms. The number of likely N-dealkylation sites (N-methyl/N-ethyl adjacent to an activating group) is 1. The summed E-state index contributed by atoms with van der Waals surface area (Å²) in [6.07, 6.45) is 1.42. The molecule has 0 unspecified atom stereocenters. The van der Waals surface area contributed by atoms with Gasteiger partial charge in [0.15, 0.2) is 0 Å². The average molecular weight is 465 g/mol. The Morgan fingerprint density at radius 1 is 1.41 bits per heavy atom. The zero-order chi connectivity index (χ0) is 20.0. The molecule has 1 amide bonds. The smallest absolute Gasteiger partial charge is 0.420 e. The Balaban J connectivity index is 2.08. The third kappa shape index (κ3) is 6.30. The van der Waals surface area contributed by atoms with E-state index in [9.17, 15) is 13.6 Å². The van der Waals surface area contributed by atoms with Gasteiger partial charge >= 0.3 is 5.57 Å². The number of nitrogens with zero attached hydrogens (tertiary/aromatic N) is 2. The van der Waals surface area contributed by atoms with Crippen LogP contribution >= 0.6 is 27.5 Å². The SMILES string of the molecule is CCN(CCO)c1ncc(C(=O)Nc2ccc(OC(F)(F)Cl)cc2)cc1Br. The molecule has 146 valence electrons. The van der Waals surface area contributed by atoms with E-state index in [4.69, 9.17) is 16.7 Å². The molecule has 0 saturated heterocycles. The fraction of sp³-hybridized carbons (Fsp3) is 0.294. The molecule has 0 radical (unpaired) electrons. The highest BCUT2D eigenvalue weighted by atomic mass is 79.9. The first-order chi connectivity index (χ1) is 12.7. The molecule has 1 heterocycles. The summed E-state index contributed by atoms with van der Waals surface area (Å²) in [5.41, 5.74) is -3.11. The number of hydrogen-bond donors (Lipinski definition) is 2. The molecule has 0 aliphatic carbocycles. The second kappa shape index (κ2) is 9.29. The molecule has 2 rings (SSSR count). The minimum atomic E-state index is -3.80. The molecule has 1 aromatic carbocycles. The summed E-state index contributed by atoms with van der Waals surface area (Å²) in [5, 5.41) is 11.7. The number of aliphatic hydroxyl groups is 1. The quantitative estimate of drug-likeness (QED) is 0.576. The number of aromatic nitrogens is 1. The molecule has 0 bridgehead atoms. The van der Waals surface area contributed by atoms with Gasteiger partial charge in [-0.15, -0.1) is 8.78 Å². The number of pyridine rings is 1. The van der Waals surface area contributed by atoms with E-state index in [0.717, 1.165) is 0 Å². The summed E-state index contributed by atoms with van der Waals surface area (Å²) < 4.78 is 30.0. The van der Waals surface area contributed by atoms with Gasteiger partial charge in [-0.3, -0.25) is 4.79 Å². The van der Waals surface area contributed by atoms with Crippen molar-refractivity contribution in [1.82, 2.24) is 4.98 Å². The fourth-order valence-electron chi connectivity index (χ4n) is 2.27. The Morgan fingerprint density at radius 2 is 2.07 bits per heavy atom. The highest BCUT2D eigenvalue weighted by Crippen LogP contribution is 2.27. The van der Waals surface area contributed by atoms with Crippen LogP contribution in [0.1, 0.15) is 17.3 Å². The van der Waals surface area contributed by atoms with Crippen molar-refractivity contribution >= 4 is 44.9 Å². The number of nitrogens with one attached hydrogen (secondary N) is 1. The monoisotopic (exact) mass is 463 g/mol. The van der Waals surface area contributed by atoms with Crippen LogP contribution in [0.3, 0.4) is 0 Å². The topological polar surface area (TPSA) is 74.7 Å². The number of halogens is 4. The van der Waals surface area contributed by atoms with Crippen molar-refractivity contribution in [2.45, 2.75) is 12.5 Å². The number of benzene rings is 1. The van der Waals surface area contributed by atoms with Gasteiger partial charge in [-0.05, 0) is 53.2 Å². The van der Waals surface area contributed by atoms with Crippen molar-refractivity contribution in [1.29, 1.82) is 0 Å². The summed E-state index contributed by atoms with van der Waals surface area (Å²) >= 11 is 8.08. The van der Waals surface area contributed by atoms with Crippen LogP contribution in [0.2, 0.25) is 0 Å². The first kappa shape index (κ1) is 21.3. The van der Waals surface area contributed by atoms with Crippen molar-refractivity contribution in [3.8, 4) is 5.75 Å². The van der Waals surface area contributed by atoms with E-state index in [1.165, 1.54) is 30.5 Å². The van der Waals surface area contributed by atoms with Gasteiger partial charge < -0.3 is 20.1 Å². The maximum atomic E-state index is 12.6. The van der Waals surface area contributed by atoms with E-state index in [1.54, 1.807) is 6.07 Å². The van der Waals surface area contributed by atoms with Crippen LogP contribution in [0.25, 0.3) is 0 Å². The molecule has 2 aromatic rings. The van der Waals surface area contributed by atoms with Crippen LogP contribution < -0.4 is 15.0 Å². The number of anilines is 2. The summed E-state index contributed by atoms with van der Waals surface area (Å²) in [4.78, 5) is 18.5. The fourth-order valence-corrected chi connectivity index (χ4v) is 2.95. The van der Waals surface area contributed by atoms with Crippen LogP contribution in [0.5, 0.6) is 5.75 Å². The van der Waals surface area contributed by atoms with Crippen molar-refractivity contribution in [2.24, 2.45) is 0 Å². The van der Waals surface area contributed by atoms with E-state index in [-0.39, 0.29) is 12.4 Å². The second-order valence-electron chi connectivity index (χ2n) is 5.36. The van der Waals surface area contributed by atoms with Crippen molar-refractivity contribution < 1.29 is 23.4 Å². The zero-order valence-electron chi connectivity index (χ0n) is 14.3. The number of carbonyl (C=O) groups is 1. The number of rotatable bonds is 8. The minimum absolute atomic E-state index is 0.0143. The Kier molecular flexibility index (Phi) is 7.34. The van der Waals surface area contributed by atoms with Gasteiger partial charge in [0.05, 0.1) is 16.6 Å². The lowest BCUT2D eigenvalue weighted by atomic mass is 10.2. The molecule has 0 saturated carbocycles. The molecule has 1 aromatic heterocycles. The number of ether oxygens (including phenoxy) is 1. The molecule has 0 aliphatic rings. The molecular weight excluding hydrogens is 448 g/mol. The van der Waals surface area contributed by atoms with Crippen LogP contribution in [-0.4, -0.2) is 41.3 Å². The minimum Gasteiger partial charge on any atom is -0.420 e. The lowest BCUT2D eigenvalue weighted by molar-refractivity contribution is -0.0964. The Morgan fingerprint density at radius 3 is 2.59 bits per heavy atom. The molecule has 2 N–H and O–H groups in total. The van der Waals surface area contributed by atoms with Gasteiger partial charge in [0.2, 0.25) is 0 Å². The Hall–Kier alpha value is -1.97. The van der Waals surface area contributed by atoms with Gasteiger partial charge in [-0.1, -0.05) is 0 Å². The van der Waals surface area contributed by atoms with Crippen LogP contribution in [0.4, 0.5) is 20.3 Å². The molecular formula is C17H17BrClF2N3O3. The number of carbonyl (C=O) groups excluding carboxylic acids is 1. The Bertz CT molecular complexity index is 788. The molecule has 0 spiro atoms. The number of amides is 1. The number of aliphatic hydroxyl groups excluding tert-OH is 1. The summed E-state index contributed by atoms with van der Waals surface area (Å²) in [7, 11) is 0. The van der Waals surface area contributed by atoms with E-state index >= 15 is 0 Å². The lowest BCUT2D eigenvalue weighted by Gasteiger charge is -2.22. The van der Waals surface area contributed by atoms with E-state index in [2.05, 4.69) is 31.0 Å². The first-order valence-corrected chi connectivity index (χ1v) is 9.09. The molecule has 0 aliphatic heterocycles. The summed E-state index contributed by atoms with van der Waals surface area (Å²) in [6, 6.07) is 6.96. The van der Waals surface area contributed by atoms with Crippen molar-refractivity contribution in [3.63, 3.8) is 0 Å². The third-order valence-electron chi connectivity index (χ3n) is 3.48. The van der Waals surface area contributed by atoms with Crippen LogP contribution in [-0.2, 0) is 0 Å². The van der Waals surface area contributed by atoms with Crippen LogP contribution in [0.15, 0.2) is 41.0 Å². The zero-order valence-corrected chi connectivity index (χ0v) is 16.6. The van der Waals surface area contributed by atoms with Crippen LogP contribution in [0, 0.1) is 0 Å². The van der Waals surface area contributed by atoms with E-state index < -0.39 is 11.5 Å². The highest BCUT2D eigenvalue weighted by Gasteiger charge is 2.27. The standard InChI is InChI=1S/C17H17BrClF2N3O3/c1-2-24(7-8-25)15-14(18)9-11(10-22-15)16(26)23-12-3-5-13(6-4-12)27-17(19,20)21/h3-6,9-10,25H,2,7-8H2,1H3,(H,23,26). The maximum absolute atomic E-state index is 12.6. The predicted molar refractivity (Wildman–Crippen MR) is 103 cm³/mol. The number of alkyl halides is 3. The van der Waals surface area contributed by atoms with Gasteiger partial charge in [-0.2, -0.15) is 0 Å². The predicted octanol–water partition coefficient (Wildman–Crippen LogP) is 4.08. The highest BCUT2D eigenvalue weighted by molar-refractivity contribution is 9.10. The van der Waals surface area contributed by atoms with Gasteiger partial charge in [0.25, 0.3) is 5.91 Å². The second-order valence-corrected chi connectivity index (χ2v) is 6.65. The van der Waals surface area contributed by atoms with E-state index in [1.807, 2.05) is 11.8 Å². The molecule has 27 heavy (non-hydrogen) atoms. The molecule has 0 atom stereocenters. The maximum Gasteiger partial charge on any atom is 0.487 e. The van der Waals surface area contributed by atoms with Gasteiger partial charge in [-0.25, -0.2) is 4.98 Å². The molecule has 0 fully saturated rings. The Labute approximate surface area is 168 Å². The van der Waals surface area contributed by atoms with Crippen molar-refractivity contribution in [3.05, 3.63) is 46.6 Å². The average Bonchev–Trinajstić information content (AvgIpc) is 2.60. The van der Waals surface area contributed by atoms with E-state index in [0.29, 0.717) is 34.6 Å². The molecule has 6 nitrogen and oxygen atoms in total. The summed E-state index contributed by atoms with van der Waals surface area (Å²) in [6.45, 7) is 2.98.